The Bertz CT molecular complexity index is 1490. The topological polar surface area (TPSA) is 120 Å². The van der Waals surface area contributed by atoms with E-state index in [2.05, 4.69) is 27.1 Å². The predicted molar refractivity (Wildman–Crippen MR) is 160 cm³/mol. The molecule has 5 heterocycles. The van der Waals surface area contributed by atoms with Crippen molar-refractivity contribution in [2.45, 2.75) is 38.8 Å². The Hall–Kier alpha value is -3.96. The van der Waals surface area contributed by atoms with Crippen LogP contribution in [0.3, 0.4) is 0 Å². The summed E-state index contributed by atoms with van der Waals surface area (Å²) in [6.45, 7) is 11.9. The number of hydrogen-bond acceptors (Lipinski definition) is 10. The van der Waals surface area contributed by atoms with Crippen molar-refractivity contribution < 1.29 is 23.7 Å². The third-order valence-electron chi connectivity index (χ3n) is 8.81. The minimum atomic E-state index is -0.240. The fourth-order valence-corrected chi connectivity index (χ4v) is 6.39. The van der Waals surface area contributed by atoms with Gasteiger partial charge in [0, 0.05) is 66.1 Å². The van der Waals surface area contributed by atoms with Crippen LogP contribution in [0.5, 0.6) is 11.5 Å². The monoisotopic (exact) mass is 574 g/mol. The maximum atomic E-state index is 11.9. The van der Waals surface area contributed by atoms with Gasteiger partial charge in [-0.25, -0.2) is 15.0 Å². The van der Waals surface area contributed by atoms with Gasteiger partial charge >= 0.3 is 0 Å². The number of ether oxygens (including phenoxy) is 4. The molecule has 3 fully saturated rings. The van der Waals surface area contributed by atoms with Gasteiger partial charge in [-0.2, -0.15) is 0 Å². The molecule has 1 aromatic carbocycles. The number of carbonyl (C=O) groups is 1. The molecular weight excluding hydrogens is 536 g/mol. The highest BCUT2D eigenvalue weighted by Gasteiger charge is 2.45. The van der Waals surface area contributed by atoms with Crippen LogP contribution >= 0.6 is 0 Å². The number of nitrogens with one attached hydrogen (secondary N) is 2. The van der Waals surface area contributed by atoms with Gasteiger partial charge < -0.3 is 34.5 Å². The zero-order valence-electron chi connectivity index (χ0n) is 24.7. The minimum Gasteiger partial charge on any atom is -0.496 e. The van der Waals surface area contributed by atoms with Gasteiger partial charge in [-0.3, -0.25) is 4.79 Å². The molecule has 2 N–H and O–H groups in total. The van der Waals surface area contributed by atoms with Gasteiger partial charge in [0.2, 0.25) is 11.9 Å². The second-order valence-corrected chi connectivity index (χ2v) is 11.4. The van der Waals surface area contributed by atoms with Crippen LogP contribution in [0.2, 0.25) is 0 Å². The number of benzene rings is 1. The normalized spacial score (nSPS) is 21.2. The second kappa shape index (κ2) is 11.4. The van der Waals surface area contributed by atoms with Gasteiger partial charge in [0.15, 0.2) is 5.82 Å². The highest BCUT2D eigenvalue weighted by Crippen LogP contribution is 2.45. The van der Waals surface area contributed by atoms with Crippen LogP contribution in [-0.2, 0) is 14.3 Å². The number of nitrogens with zero attached hydrogens (tertiary/aromatic N) is 4. The molecule has 6 rings (SSSR count). The summed E-state index contributed by atoms with van der Waals surface area (Å²) in [5.41, 5.74) is 4.80. The molecule has 0 unspecified atom stereocenters. The maximum Gasteiger partial charge on any atom is 0.243 e. The van der Waals surface area contributed by atoms with Crippen molar-refractivity contribution in [2.24, 2.45) is 5.41 Å². The lowest BCUT2D eigenvalue weighted by Crippen LogP contribution is -2.59. The van der Waals surface area contributed by atoms with E-state index in [4.69, 9.17) is 28.9 Å². The second-order valence-electron chi connectivity index (χ2n) is 11.4. The first-order chi connectivity index (χ1) is 20.3. The minimum absolute atomic E-state index is 0.175. The number of aromatic nitrogens is 3. The smallest absolute Gasteiger partial charge is 0.243 e. The molecule has 1 amide bonds. The highest BCUT2D eigenvalue weighted by molar-refractivity contribution is 5.93. The summed E-state index contributed by atoms with van der Waals surface area (Å²) in [6.07, 6.45) is 5.19. The Morgan fingerprint density at radius 1 is 1.05 bits per heavy atom. The Morgan fingerprint density at radius 2 is 1.74 bits per heavy atom. The summed E-state index contributed by atoms with van der Waals surface area (Å²) in [7, 11) is 3.33. The van der Waals surface area contributed by atoms with Crippen LogP contribution in [0.25, 0.3) is 22.2 Å². The Kier molecular flexibility index (Phi) is 7.63. The Labute approximate surface area is 245 Å². The molecule has 3 saturated heterocycles. The number of amides is 1. The SMILES string of the molecule is C=CC(=O)N[C@H]1COC[C@H]1Nc1ncc2cc(-c3c(C)c(OC)cc(OC)c3C)nc(N3CC4(CCOCC4)C3)c2n1. The summed E-state index contributed by atoms with van der Waals surface area (Å²) >= 11 is 0. The van der Waals surface area contributed by atoms with E-state index in [1.165, 1.54) is 6.08 Å². The van der Waals surface area contributed by atoms with Crippen LogP contribution in [-0.4, -0.2) is 86.7 Å². The molecule has 2 atom stereocenters. The number of carbonyl (C=O) groups excluding carboxylic acids is 1. The van der Waals surface area contributed by atoms with Gasteiger partial charge in [0.05, 0.1) is 45.2 Å². The standard InChI is InChI=1S/C31H38N6O5/c1-6-26(38)33-22-14-42-15-23(22)35-30-32-13-20-11-21(27-18(2)24(39-4)12-25(40-5)19(27)3)34-29(28(20)36-30)37-16-31(17-37)7-9-41-10-8-31/h6,11-13,22-23H,1,7-10,14-17H2,2-5H3,(H,33,38)(H,32,35,36)/t22-,23+/m0/s1. The lowest BCUT2D eigenvalue weighted by atomic mass is 9.73. The molecule has 0 aliphatic carbocycles. The van der Waals surface area contributed by atoms with E-state index in [1.54, 1.807) is 14.2 Å². The van der Waals surface area contributed by atoms with Crippen molar-refractivity contribution >= 4 is 28.6 Å². The molecule has 3 aliphatic rings. The van der Waals surface area contributed by atoms with Crippen LogP contribution in [0.4, 0.5) is 11.8 Å². The van der Waals surface area contributed by atoms with Crippen LogP contribution in [0.15, 0.2) is 31.0 Å². The van der Waals surface area contributed by atoms with Crippen LogP contribution < -0.4 is 25.0 Å². The van der Waals surface area contributed by atoms with Crippen molar-refractivity contribution in [3.8, 4) is 22.8 Å². The average molecular weight is 575 g/mol. The molecular formula is C31H38N6O5. The molecule has 0 saturated carbocycles. The van der Waals surface area contributed by atoms with Crippen molar-refractivity contribution in [1.82, 2.24) is 20.3 Å². The van der Waals surface area contributed by atoms with E-state index in [0.29, 0.717) is 19.2 Å². The fraction of sp³-hybridized carbons (Fsp3) is 0.484. The van der Waals surface area contributed by atoms with E-state index < -0.39 is 0 Å². The first kappa shape index (κ1) is 28.2. The lowest BCUT2D eigenvalue weighted by molar-refractivity contribution is -0.117. The molecule has 42 heavy (non-hydrogen) atoms. The summed E-state index contributed by atoms with van der Waals surface area (Å²) < 4.78 is 22.7. The van der Waals surface area contributed by atoms with Crippen molar-refractivity contribution in [1.29, 1.82) is 0 Å². The van der Waals surface area contributed by atoms with Crippen molar-refractivity contribution in [3.05, 3.63) is 42.1 Å². The molecule has 1 spiro atoms. The first-order valence-electron chi connectivity index (χ1n) is 14.3. The zero-order chi connectivity index (χ0) is 29.4. The Morgan fingerprint density at radius 3 is 2.40 bits per heavy atom. The molecule has 222 valence electrons. The van der Waals surface area contributed by atoms with E-state index in [9.17, 15) is 4.79 Å². The largest absolute Gasteiger partial charge is 0.496 e. The first-order valence-corrected chi connectivity index (χ1v) is 14.3. The Balaban J connectivity index is 1.41. The highest BCUT2D eigenvalue weighted by atomic mass is 16.5. The number of fused-ring (bicyclic) bond motifs is 1. The van der Waals surface area contributed by atoms with Crippen LogP contribution in [0, 0.1) is 19.3 Å². The molecule has 0 bridgehead atoms. The van der Waals surface area contributed by atoms with E-state index in [0.717, 1.165) is 89.7 Å². The molecule has 3 aromatic rings. The fourth-order valence-electron chi connectivity index (χ4n) is 6.39. The van der Waals surface area contributed by atoms with Crippen LogP contribution in [0.1, 0.15) is 24.0 Å². The van der Waals surface area contributed by atoms with E-state index in [-0.39, 0.29) is 23.4 Å². The summed E-state index contributed by atoms with van der Waals surface area (Å²) in [4.78, 5) is 29.1. The van der Waals surface area contributed by atoms with E-state index >= 15 is 0 Å². The van der Waals surface area contributed by atoms with Gasteiger partial charge in [0.25, 0.3) is 0 Å². The molecule has 11 heteroatoms. The number of rotatable bonds is 8. The number of hydrogen-bond donors (Lipinski definition) is 2. The molecule has 0 radical (unpaired) electrons. The maximum absolute atomic E-state index is 11.9. The molecule has 3 aliphatic heterocycles. The predicted octanol–water partition coefficient (Wildman–Crippen LogP) is 3.42. The number of methoxy groups -OCH3 is 2. The third kappa shape index (κ3) is 5.11. The summed E-state index contributed by atoms with van der Waals surface area (Å²) in [5, 5.41) is 7.18. The summed E-state index contributed by atoms with van der Waals surface area (Å²) in [5.74, 6) is 2.53. The van der Waals surface area contributed by atoms with Gasteiger partial charge in [-0.15, -0.1) is 0 Å². The number of anilines is 2. The third-order valence-corrected chi connectivity index (χ3v) is 8.81. The van der Waals surface area contributed by atoms with Gasteiger partial charge in [-0.1, -0.05) is 6.58 Å². The lowest BCUT2D eigenvalue weighted by Gasteiger charge is -2.52. The zero-order valence-corrected chi connectivity index (χ0v) is 24.7. The quantitative estimate of drug-likeness (QED) is 0.387. The summed E-state index contributed by atoms with van der Waals surface area (Å²) in [6, 6.07) is 3.56. The molecule has 11 nitrogen and oxygen atoms in total. The van der Waals surface area contributed by atoms with E-state index in [1.807, 2.05) is 32.2 Å². The van der Waals surface area contributed by atoms with Crippen molar-refractivity contribution in [3.63, 3.8) is 0 Å². The van der Waals surface area contributed by atoms with Gasteiger partial charge in [0.1, 0.15) is 17.0 Å². The van der Waals surface area contributed by atoms with Gasteiger partial charge in [-0.05, 0) is 38.8 Å². The molecule has 2 aromatic heterocycles. The average Bonchev–Trinajstić information content (AvgIpc) is 3.42. The van der Waals surface area contributed by atoms with Crippen molar-refractivity contribution in [2.75, 3.05) is 64.0 Å². The number of pyridine rings is 1.